The summed E-state index contributed by atoms with van der Waals surface area (Å²) in [5, 5.41) is 23.3. The maximum Gasteiger partial charge on any atom is 0.434 e. The number of hydrogen-bond acceptors (Lipinski definition) is 6. The highest BCUT2D eigenvalue weighted by atomic mass is 19.4. The Bertz CT molecular complexity index is 1130. The van der Waals surface area contributed by atoms with E-state index < -0.39 is 30.1 Å². The first-order chi connectivity index (χ1) is 16.2. The van der Waals surface area contributed by atoms with Crippen LogP contribution in [0.3, 0.4) is 0 Å². The summed E-state index contributed by atoms with van der Waals surface area (Å²) in [6.45, 7) is -0.154. The third-order valence-corrected chi connectivity index (χ3v) is 5.63. The lowest BCUT2D eigenvalue weighted by atomic mass is 9.98. The summed E-state index contributed by atoms with van der Waals surface area (Å²) in [6, 6.07) is 16.0. The molecule has 2 heterocycles. The molecule has 34 heavy (non-hydrogen) atoms. The molecule has 0 bridgehead atoms. The van der Waals surface area contributed by atoms with Crippen molar-refractivity contribution in [3.63, 3.8) is 0 Å². The van der Waals surface area contributed by atoms with Crippen molar-refractivity contribution in [3.8, 4) is 0 Å². The first-order valence-corrected chi connectivity index (χ1v) is 10.6. The van der Waals surface area contributed by atoms with Crippen molar-refractivity contribution in [3.05, 3.63) is 89.4 Å². The van der Waals surface area contributed by atoms with Crippen molar-refractivity contribution >= 4 is 11.7 Å². The molecule has 0 aliphatic carbocycles. The maximum absolute atomic E-state index is 13.0. The van der Waals surface area contributed by atoms with Gasteiger partial charge in [-0.1, -0.05) is 42.5 Å². The number of aliphatic hydroxyl groups excluding tert-OH is 2. The number of carbonyl (C=O) groups excluding carboxylic acids is 1. The van der Waals surface area contributed by atoms with E-state index in [1.165, 1.54) is 4.90 Å². The molecular formula is C24H23F3N4O3. The van der Waals surface area contributed by atoms with Crippen LogP contribution in [0.5, 0.6) is 0 Å². The van der Waals surface area contributed by atoms with E-state index in [1.807, 2.05) is 42.5 Å². The van der Waals surface area contributed by atoms with Crippen LogP contribution in [0.1, 0.15) is 27.2 Å². The van der Waals surface area contributed by atoms with Gasteiger partial charge in [-0.25, -0.2) is 4.98 Å². The molecule has 3 N–H and O–H groups in total. The Morgan fingerprint density at radius 2 is 1.68 bits per heavy atom. The number of carbonyl (C=O) groups is 1. The molecule has 1 amide bonds. The topological polar surface area (TPSA) is 98.6 Å². The Balaban J connectivity index is 1.45. The minimum atomic E-state index is -4.68. The van der Waals surface area contributed by atoms with Gasteiger partial charge in [-0.2, -0.15) is 13.2 Å². The number of halogens is 3. The van der Waals surface area contributed by atoms with Crippen LogP contribution in [0.15, 0.2) is 67.0 Å². The SMILES string of the molecule is O=C(c1ccc(Cc2ccccc2)cc1)N1C[C@H](Nc2cncc(C(F)(F)F)n2)[C@@H](O)[C@@H](O)C1. The second-order valence-electron chi connectivity index (χ2n) is 8.17. The van der Waals surface area contributed by atoms with Crippen LogP contribution in [0.25, 0.3) is 0 Å². The van der Waals surface area contributed by atoms with E-state index in [0.717, 1.165) is 17.3 Å². The van der Waals surface area contributed by atoms with Gasteiger partial charge < -0.3 is 20.4 Å². The Kier molecular flexibility index (Phi) is 6.80. The third kappa shape index (κ3) is 5.52. The number of nitrogens with one attached hydrogen (secondary N) is 1. The van der Waals surface area contributed by atoms with Gasteiger partial charge in [-0.05, 0) is 29.7 Å². The first-order valence-electron chi connectivity index (χ1n) is 10.6. The molecule has 0 unspecified atom stereocenters. The minimum absolute atomic E-state index is 0.0409. The Morgan fingerprint density at radius 1 is 1.00 bits per heavy atom. The van der Waals surface area contributed by atoms with E-state index in [1.54, 1.807) is 12.1 Å². The van der Waals surface area contributed by atoms with Gasteiger partial charge in [0.25, 0.3) is 5.91 Å². The number of likely N-dealkylation sites (tertiary alicyclic amines) is 1. The van der Waals surface area contributed by atoms with Gasteiger partial charge in [0.15, 0.2) is 5.69 Å². The number of piperidine rings is 1. The zero-order chi connectivity index (χ0) is 24.3. The highest BCUT2D eigenvalue weighted by molar-refractivity contribution is 5.94. The smallest absolute Gasteiger partial charge is 0.388 e. The van der Waals surface area contributed by atoms with Crippen LogP contribution >= 0.6 is 0 Å². The Morgan fingerprint density at radius 3 is 2.35 bits per heavy atom. The summed E-state index contributed by atoms with van der Waals surface area (Å²) < 4.78 is 38.8. The zero-order valence-corrected chi connectivity index (χ0v) is 18.0. The number of β-amino-alcohol motifs (C(OH)–C–C–N with tert-alkyl or cyclic N) is 1. The molecule has 0 spiro atoms. The van der Waals surface area contributed by atoms with Crippen LogP contribution in [0.4, 0.5) is 19.0 Å². The standard InChI is InChI=1S/C24H23F3N4O3/c25-24(26,27)20-11-28-12-21(30-20)29-18-13-31(14-19(32)22(18)33)23(34)17-8-6-16(7-9-17)10-15-4-2-1-3-5-15/h1-9,11-12,18-19,22,32-33H,10,13-14H2,(H,29,30)/t18-,19-,22+/m0/s1. The molecule has 3 atom stereocenters. The minimum Gasteiger partial charge on any atom is -0.388 e. The largest absolute Gasteiger partial charge is 0.434 e. The quantitative estimate of drug-likeness (QED) is 0.528. The molecular weight excluding hydrogens is 449 g/mol. The van der Waals surface area contributed by atoms with Crippen LogP contribution < -0.4 is 5.32 Å². The lowest BCUT2D eigenvalue weighted by Crippen LogP contribution is -2.59. The van der Waals surface area contributed by atoms with Gasteiger partial charge in [0, 0.05) is 18.7 Å². The van der Waals surface area contributed by atoms with Crippen molar-refractivity contribution in [2.75, 3.05) is 18.4 Å². The zero-order valence-electron chi connectivity index (χ0n) is 18.0. The number of anilines is 1. The number of amides is 1. The van der Waals surface area contributed by atoms with Crippen molar-refractivity contribution in [1.82, 2.24) is 14.9 Å². The van der Waals surface area contributed by atoms with Gasteiger partial charge in [0.05, 0.1) is 24.5 Å². The van der Waals surface area contributed by atoms with Gasteiger partial charge in [-0.3, -0.25) is 9.78 Å². The highest BCUT2D eigenvalue weighted by Gasteiger charge is 2.38. The fourth-order valence-electron chi connectivity index (χ4n) is 3.86. The van der Waals surface area contributed by atoms with E-state index in [2.05, 4.69) is 15.3 Å². The van der Waals surface area contributed by atoms with E-state index in [9.17, 15) is 28.2 Å². The van der Waals surface area contributed by atoms with Gasteiger partial charge in [-0.15, -0.1) is 0 Å². The molecule has 1 aliphatic heterocycles. The van der Waals surface area contributed by atoms with Gasteiger partial charge in [0.1, 0.15) is 11.9 Å². The lowest BCUT2D eigenvalue weighted by Gasteiger charge is -2.39. The molecule has 0 saturated carbocycles. The fraction of sp³-hybridized carbons (Fsp3) is 0.292. The normalized spacial score (nSPS) is 20.7. The number of benzene rings is 2. The van der Waals surface area contributed by atoms with E-state index >= 15 is 0 Å². The average molecular weight is 472 g/mol. The second-order valence-corrected chi connectivity index (χ2v) is 8.17. The Hall–Kier alpha value is -3.50. The maximum atomic E-state index is 13.0. The number of aliphatic hydroxyl groups is 2. The molecule has 178 valence electrons. The summed E-state index contributed by atoms with van der Waals surface area (Å²) in [6.07, 6.45) is -4.88. The molecule has 1 saturated heterocycles. The van der Waals surface area contributed by atoms with E-state index in [4.69, 9.17) is 0 Å². The molecule has 0 radical (unpaired) electrons. The molecule has 3 aromatic rings. The average Bonchev–Trinajstić information content (AvgIpc) is 2.82. The van der Waals surface area contributed by atoms with Crippen molar-refractivity contribution in [2.24, 2.45) is 0 Å². The van der Waals surface area contributed by atoms with Gasteiger partial charge in [0.2, 0.25) is 0 Å². The van der Waals surface area contributed by atoms with E-state index in [-0.39, 0.29) is 24.8 Å². The fourth-order valence-corrected chi connectivity index (χ4v) is 3.86. The van der Waals surface area contributed by atoms with Gasteiger partial charge >= 0.3 is 6.18 Å². The van der Waals surface area contributed by atoms with Crippen molar-refractivity contribution in [2.45, 2.75) is 30.8 Å². The van der Waals surface area contributed by atoms with Crippen LogP contribution in [0, 0.1) is 0 Å². The van der Waals surface area contributed by atoms with E-state index in [0.29, 0.717) is 18.2 Å². The Labute approximate surface area is 193 Å². The van der Waals surface area contributed by atoms with Crippen molar-refractivity contribution < 1.29 is 28.2 Å². The summed E-state index contributed by atoms with van der Waals surface area (Å²) >= 11 is 0. The molecule has 1 aromatic heterocycles. The lowest BCUT2D eigenvalue weighted by molar-refractivity contribution is -0.141. The predicted octanol–water partition coefficient (Wildman–Crippen LogP) is 2.74. The molecule has 1 aliphatic rings. The molecule has 7 nitrogen and oxygen atoms in total. The molecule has 10 heteroatoms. The third-order valence-electron chi connectivity index (χ3n) is 5.63. The number of aromatic nitrogens is 2. The number of hydrogen-bond donors (Lipinski definition) is 3. The summed E-state index contributed by atoms with van der Waals surface area (Å²) in [5.74, 6) is -0.579. The van der Waals surface area contributed by atoms with Crippen LogP contribution in [0.2, 0.25) is 0 Å². The monoisotopic (exact) mass is 472 g/mol. The summed E-state index contributed by atoms with van der Waals surface area (Å²) in [5.41, 5.74) is 1.38. The van der Waals surface area contributed by atoms with Crippen LogP contribution in [-0.4, -0.2) is 62.3 Å². The van der Waals surface area contributed by atoms with Crippen LogP contribution in [-0.2, 0) is 12.6 Å². The highest BCUT2D eigenvalue weighted by Crippen LogP contribution is 2.28. The number of nitrogens with zero attached hydrogens (tertiary/aromatic N) is 3. The molecule has 4 rings (SSSR count). The molecule has 2 aromatic carbocycles. The summed E-state index contributed by atoms with van der Waals surface area (Å²) in [7, 11) is 0. The predicted molar refractivity (Wildman–Crippen MR) is 118 cm³/mol. The number of rotatable bonds is 5. The first kappa shape index (κ1) is 23.7. The molecule has 1 fully saturated rings. The second kappa shape index (κ2) is 9.78. The van der Waals surface area contributed by atoms with Crippen molar-refractivity contribution in [1.29, 1.82) is 0 Å². The number of alkyl halides is 3. The summed E-state index contributed by atoms with van der Waals surface area (Å²) in [4.78, 5) is 21.4.